The predicted molar refractivity (Wildman–Crippen MR) is 111 cm³/mol. The van der Waals surface area contributed by atoms with Crippen LogP contribution < -0.4 is 5.32 Å². The van der Waals surface area contributed by atoms with Crippen LogP contribution in [0.3, 0.4) is 0 Å². The summed E-state index contributed by atoms with van der Waals surface area (Å²) in [6.45, 7) is 2.95. The van der Waals surface area contributed by atoms with Gasteiger partial charge in [-0.05, 0) is 54.7 Å². The van der Waals surface area contributed by atoms with Crippen LogP contribution in [0, 0.1) is 5.92 Å². The van der Waals surface area contributed by atoms with Crippen molar-refractivity contribution in [3.63, 3.8) is 0 Å². The van der Waals surface area contributed by atoms with Gasteiger partial charge in [-0.15, -0.1) is 32.9 Å². The molecular formula is C19H21N3O2S3. The van der Waals surface area contributed by atoms with E-state index in [1.54, 1.807) is 22.7 Å². The molecule has 8 heteroatoms. The van der Waals surface area contributed by atoms with Gasteiger partial charge in [-0.1, -0.05) is 24.8 Å². The minimum absolute atomic E-state index is 0.0168. The van der Waals surface area contributed by atoms with Gasteiger partial charge in [0.25, 0.3) is 11.1 Å². The first kappa shape index (κ1) is 18.7. The lowest BCUT2D eigenvalue weighted by Gasteiger charge is -2.16. The van der Waals surface area contributed by atoms with E-state index in [4.69, 9.17) is 4.42 Å². The number of thioether (sulfide) groups is 1. The van der Waals surface area contributed by atoms with Crippen molar-refractivity contribution >= 4 is 40.3 Å². The number of hydrogen-bond acceptors (Lipinski definition) is 7. The number of carbonyl (C=O) groups excluding carboxylic acids is 1. The molecule has 3 aromatic rings. The molecule has 0 fully saturated rings. The maximum atomic E-state index is 12.0. The Morgan fingerprint density at radius 3 is 3.22 bits per heavy atom. The topological polar surface area (TPSA) is 68.0 Å². The van der Waals surface area contributed by atoms with Gasteiger partial charge in [-0.25, -0.2) is 0 Å². The summed E-state index contributed by atoms with van der Waals surface area (Å²) >= 11 is 4.74. The molecule has 1 aliphatic carbocycles. The Kier molecular flexibility index (Phi) is 5.95. The minimum Gasteiger partial charge on any atom is -0.410 e. The molecule has 142 valence electrons. The number of amides is 1. The highest BCUT2D eigenvalue weighted by Crippen LogP contribution is 2.37. The molecule has 1 atom stereocenters. The second-order valence-corrected chi connectivity index (χ2v) is 9.84. The molecule has 0 saturated carbocycles. The number of aryl methyl sites for hydroxylation is 1. The van der Waals surface area contributed by atoms with Crippen molar-refractivity contribution in [2.45, 2.75) is 37.8 Å². The average Bonchev–Trinajstić information content (AvgIpc) is 3.39. The molecule has 1 aliphatic rings. The summed E-state index contributed by atoms with van der Waals surface area (Å²) < 4.78 is 5.76. The van der Waals surface area contributed by atoms with Crippen molar-refractivity contribution in [1.29, 1.82) is 0 Å². The summed E-state index contributed by atoms with van der Waals surface area (Å²) in [6, 6.07) is 6.29. The summed E-state index contributed by atoms with van der Waals surface area (Å²) in [5.41, 5.74) is 1.42. The van der Waals surface area contributed by atoms with E-state index >= 15 is 0 Å². The van der Waals surface area contributed by atoms with Gasteiger partial charge >= 0.3 is 0 Å². The zero-order valence-corrected chi connectivity index (χ0v) is 17.5. The van der Waals surface area contributed by atoms with Gasteiger partial charge < -0.3 is 9.73 Å². The van der Waals surface area contributed by atoms with Crippen LogP contribution >= 0.6 is 34.4 Å². The quantitative estimate of drug-likeness (QED) is 0.574. The molecule has 0 aliphatic heterocycles. The van der Waals surface area contributed by atoms with Crippen LogP contribution in [0.5, 0.6) is 0 Å². The van der Waals surface area contributed by atoms with E-state index in [0.717, 1.165) is 30.1 Å². The summed E-state index contributed by atoms with van der Waals surface area (Å²) in [7, 11) is 0. The van der Waals surface area contributed by atoms with Crippen molar-refractivity contribution in [1.82, 2.24) is 15.5 Å². The van der Waals surface area contributed by atoms with E-state index in [1.165, 1.54) is 33.5 Å². The van der Waals surface area contributed by atoms with Crippen LogP contribution in [-0.4, -0.2) is 28.4 Å². The fraction of sp³-hybridized carbons (Fsp3) is 0.421. The monoisotopic (exact) mass is 419 g/mol. The fourth-order valence-corrected chi connectivity index (χ4v) is 5.57. The second kappa shape index (κ2) is 8.58. The molecule has 0 radical (unpaired) electrons. The highest BCUT2D eigenvalue weighted by atomic mass is 32.2. The molecule has 4 rings (SSSR count). The lowest BCUT2D eigenvalue weighted by molar-refractivity contribution is -0.118. The van der Waals surface area contributed by atoms with Crippen LogP contribution in [0.1, 0.15) is 28.7 Å². The second-order valence-electron chi connectivity index (χ2n) is 6.75. The molecule has 0 spiro atoms. The Labute approximate surface area is 170 Å². The van der Waals surface area contributed by atoms with Crippen molar-refractivity contribution < 1.29 is 9.21 Å². The highest BCUT2D eigenvalue weighted by Gasteiger charge is 2.21. The van der Waals surface area contributed by atoms with Crippen molar-refractivity contribution in [2.24, 2.45) is 5.92 Å². The molecule has 1 amide bonds. The molecule has 0 bridgehead atoms. The molecule has 3 heterocycles. The predicted octanol–water partition coefficient (Wildman–Crippen LogP) is 4.44. The zero-order chi connectivity index (χ0) is 18.6. The Bertz CT molecular complexity index is 901. The van der Waals surface area contributed by atoms with Gasteiger partial charge in [0.2, 0.25) is 5.91 Å². The van der Waals surface area contributed by atoms with Crippen LogP contribution in [0.15, 0.2) is 33.2 Å². The molecule has 0 saturated heterocycles. The number of carbonyl (C=O) groups is 1. The van der Waals surface area contributed by atoms with Gasteiger partial charge in [0, 0.05) is 16.3 Å². The Morgan fingerprint density at radius 1 is 1.44 bits per heavy atom. The number of thiophene rings is 2. The van der Waals surface area contributed by atoms with Crippen molar-refractivity contribution in [2.75, 3.05) is 12.3 Å². The van der Waals surface area contributed by atoms with E-state index in [-0.39, 0.29) is 11.7 Å². The third-order valence-electron chi connectivity index (χ3n) is 4.55. The Balaban J connectivity index is 1.27. The smallest absolute Gasteiger partial charge is 0.277 e. The van der Waals surface area contributed by atoms with E-state index in [1.807, 2.05) is 11.4 Å². The van der Waals surface area contributed by atoms with E-state index in [2.05, 4.69) is 34.6 Å². The average molecular weight is 420 g/mol. The van der Waals surface area contributed by atoms with Crippen LogP contribution in [-0.2, 0) is 24.1 Å². The SMILES string of the molecule is C[C@@H]1CCc2sc(-c3nnc(SCC(=O)NCCc4cccs4)o3)cc2C1. The van der Waals surface area contributed by atoms with E-state index < -0.39 is 0 Å². The molecule has 5 nitrogen and oxygen atoms in total. The number of aromatic nitrogens is 2. The maximum absolute atomic E-state index is 12.0. The van der Waals surface area contributed by atoms with E-state index in [0.29, 0.717) is 17.7 Å². The maximum Gasteiger partial charge on any atom is 0.277 e. The van der Waals surface area contributed by atoms with Gasteiger partial charge in [-0.3, -0.25) is 4.79 Å². The first-order chi connectivity index (χ1) is 13.2. The number of rotatable bonds is 7. The minimum atomic E-state index is -0.0168. The van der Waals surface area contributed by atoms with Gasteiger partial charge in [0.05, 0.1) is 10.6 Å². The van der Waals surface area contributed by atoms with Crippen molar-refractivity contribution in [3.8, 4) is 10.8 Å². The zero-order valence-electron chi connectivity index (χ0n) is 15.1. The summed E-state index contributed by atoms with van der Waals surface area (Å²) in [6.07, 6.45) is 4.38. The van der Waals surface area contributed by atoms with Crippen LogP contribution in [0.25, 0.3) is 10.8 Å². The molecule has 3 aromatic heterocycles. The largest absolute Gasteiger partial charge is 0.410 e. The standard InChI is InChI=1S/C19H21N3O2S3/c1-12-4-5-15-13(9-12)10-16(27-15)18-21-22-19(24-18)26-11-17(23)20-7-6-14-3-2-8-25-14/h2-3,8,10,12H,4-7,9,11H2,1H3,(H,20,23)/t12-/m1/s1. The van der Waals surface area contributed by atoms with Gasteiger partial charge in [0.1, 0.15) is 0 Å². The summed E-state index contributed by atoms with van der Waals surface area (Å²) in [5.74, 6) is 1.57. The number of nitrogens with zero attached hydrogens (tertiary/aromatic N) is 2. The molecule has 0 unspecified atom stereocenters. The molecule has 0 aromatic carbocycles. The van der Waals surface area contributed by atoms with Gasteiger partial charge in [-0.2, -0.15) is 0 Å². The Hall–Kier alpha value is -1.64. The lowest BCUT2D eigenvalue weighted by atomic mass is 9.90. The van der Waals surface area contributed by atoms with Gasteiger partial charge in [0.15, 0.2) is 0 Å². The third kappa shape index (κ3) is 4.80. The molecular weight excluding hydrogens is 398 g/mol. The summed E-state index contributed by atoms with van der Waals surface area (Å²) in [5, 5.41) is 13.7. The number of nitrogens with one attached hydrogen (secondary N) is 1. The first-order valence-corrected chi connectivity index (χ1v) is 11.7. The first-order valence-electron chi connectivity index (χ1n) is 9.04. The normalized spacial score (nSPS) is 16.3. The lowest BCUT2D eigenvalue weighted by Crippen LogP contribution is -2.27. The summed E-state index contributed by atoms with van der Waals surface area (Å²) in [4.78, 5) is 15.7. The van der Waals surface area contributed by atoms with E-state index in [9.17, 15) is 4.79 Å². The number of hydrogen-bond donors (Lipinski definition) is 1. The molecule has 27 heavy (non-hydrogen) atoms. The van der Waals surface area contributed by atoms with Crippen molar-refractivity contribution in [3.05, 3.63) is 38.9 Å². The highest BCUT2D eigenvalue weighted by molar-refractivity contribution is 7.99. The molecule has 1 N–H and O–H groups in total. The fourth-order valence-electron chi connectivity index (χ4n) is 3.14. The number of fused-ring (bicyclic) bond motifs is 1. The van der Waals surface area contributed by atoms with Crippen LogP contribution in [0.4, 0.5) is 0 Å². The van der Waals surface area contributed by atoms with Crippen LogP contribution in [0.2, 0.25) is 0 Å². The third-order valence-corrected chi connectivity index (χ3v) is 7.53. The Morgan fingerprint density at radius 2 is 2.37 bits per heavy atom.